The van der Waals surface area contributed by atoms with E-state index < -0.39 is 4.92 Å². The van der Waals surface area contributed by atoms with Crippen LogP contribution in [0.4, 0.5) is 11.5 Å². The van der Waals surface area contributed by atoms with Gasteiger partial charge >= 0.3 is 0 Å². The monoisotopic (exact) mass is 333 g/mol. The van der Waals surface area contributed by atoms with E-state index in [2.05, 4.69) is 20.9 Å². The van der Waals surface area contributed by atoms with Crippen LogP contribution in [0.25, 0.3) is 0 Å². The Morgan fingerprint density at radius 1 is 1.67 bits per heavy atom. The lowest BCUT2D eigenvalue weighted by atomic mass is 10.2. The first-order chi connectivity index (χ1) is 8.52. The Labute approximate surface area is 116 Å². The van der Waals surface area contributed by atoms with Gasteiger partial charge in [0.15, 0.2) is 5.82 Å². The van der Waals surface area contributed by atoms with Crippen LogP contribution >= 0.6 is 27.5 Å². The van der Waals surface area contributed by atoms with E-state index in [0.717, 1.165) is 11.5 Å². The Morgan fingerprint density at radius 2 is 2.39 bits per heavy atom. The van der Waals surface area contributed by atoms with Crippen LogP contribution < -0.4 is 4.90 Å². The van der Waals surface area contributed by atoms with Crippen LogP contribution in [0.15, 0.2) is 12.3 Å². The zero-order valence-electron chi connectivity index (χ0n) is 9.18. The van der Waals surface area contributed by atoms with Crippen molar-refractivity contribution in [1.82, 2.24) is 4.98 Å². The number of carbonyl (C=O) groups is 1. The number of nitrogens with zero attached hydrogens (tertiary/aromatic N) is 3. The van der Waals surface area contributed by atoms with Crippen LogP contribution in [0.2, 0.25) is 5.02 Å². The maximum absolute atomic E-state index is 11.8. The van der Waals surface area contributed by atoms with Gasteiger partial charge in [0.05, 0.1) is 9.95 Å². The van der Waals surface area contributed by atoms with Crippen molar-refractivity contribution in [3.8, 4) is 0 Å². The van der Waals surface area contributed by atoms with E-state index in [0.29, 0.717) is 13.0 Å². The number of pyridine rings is 1. The van der Waals surface area contributed by atoms with Crippen molar-refractivity contribution < 1.29 is 9.72 Å². The first kappa shape index (κ1) is 13.2. The van der Waals surface area contributed by atoms with Crippen molar-refractivity contribution in [3.63, 3.8) is 0 Å². The number of aromatic nitrogens is 1. The number of anilines is 1. The first-order valence-electron chi connectivity index (χ1n) is 5.19. The Balaban J connectivity index is 2.29. The predicted molar refractivity (Wildman–Crippen MR) is 70.2 cm³/mol. The van der Waals surface area contributed by atoms with E-state index in [4.69, 9.17) is 11.6 Å². The lowest BCUT2D eigenvalue weighted by Crippen LogP contribution is -2.26. The van der Waals surface area contributed by atoms with Crippen LogP contribution in [-0.4, -0.2) is 27.7 Å². The fraction of sp³-hybridized carbons (Fsp3) is 0.400. The second-order valence-electron chi connectivity index (χ2n) is 3.98. The normalized spacial score (nSPS) is 19.3. The molecule has 1 aliphatic heterocycles. The molecule has 2 heterocycles. The Kier molecular flexibility index (Phi) is 3.82. The van der Waals surface area contributed by atoms with Crippen molar-refractivity contribution in [2.45, 2.75) is 6.42 Å². The smallest absolute Gasteiger partial charge is 0.289 e. The maximum atomic E-state index is 11.8. The molecular formula is C10H9BrClN3O3. The lowest BCUT2D eigenvalue weighted by molar-refractivity contribution is -0.385. The molecule has 0 radical (unpaired) electrons. The highest BCUT2D eigenvalue weighted by atomic mass is 79.9. The second-order valence-corrected chi connectivity index (χ2v) is 5.04. The summed E-state index contributed by atoms with van der Waals surface area (Å²) >= 11 is 9.27. The third-order valence-electron chi connectivity index (χ3n) is 2.70. The Bertz CT molecular complexity index is 511. The van der Waals surface area contributed by atoms with Gasteiger partial charge in [0.2, 0.25) is 5.91 Å². The summed E-state index contributed by atoms with van der Waals surface area (Å²) in [6, 6.07) is 1.21. The highest BCUT2D eigenvalue weighted by Gasteiger charge is 2.32. The topological polar surface area (TPSA) is 76.3 Å². The molecule has 1 aromatic heterocycles. The van der Waals surface area contributed by atoms with Crippen LogP contribution in [0.3, 0.4) is 0 Å². The molecule has 1 amide bonds. The molecule has 6 nitrogen and oxygen atoms in total. The largest absolute Gasteiger partial charge is 0.295 e. The third kappa shape index (κ3) is 2.46. The Hall–Kier alpha value is -1.21. The predicted octanol–water partition coefficient (Wildman–Crippen LogP) is 2.39. The van der Waals surface area contributed by atoms with Gasteiger partial charge in [-0.15, -0.1) is 0 Å². The van der Waals surface area contributed by atoms with Crippen molar-refractivity contribution in [1.29, 1.82) is 0 Å². The number of carbonyl (C=O) groups excluding carboxylic acids is 1. The van der Waals surface area contributed by atoms with E-state index in [1.165, 1.54) is 11.0 Å². The Morgan fingerprint density at radius 3 is 2.89 bits per heavy atom. The standard InChI is InChI=1S/C10H9BrClN3O3/c11-3-6-1-9(16)14(5-6)10-8(12)2-7(4-13-10)15(17)18/h2,4,6H,1,3,5H2. The average Bonchev–Trinajstić information content (AvgIpc) is 2.70. The van der Waals surface area contributed by atoms with E-state index >= 15 is 0 Å². The summed E-state index contributed by atoms with van der Waals surface area (Å²) in [6.07, 6.45) is 1.54. The molecule has 0 spiro atoms. The van der Waals surface area contributed by atoms with Crippen LogP contribution in [0.1, 0.15) is 6.42 Å². The second kappa shape index (κ2) is 5.19. The van der Waals surface area contributed by atoms with Crippen molar-refractivity contribution in [2.24, 2.45) is 5.92 Å². The molecule has 1 unspecified atom stereocenters. The molecule has 1 atom stereocenters. The highest BCUT2D eigenvalue weighted by molar-refractivity contribution is 9.09. The molecule has 0 aliphatic carbocycles. The SMILES string of the molecule is O=C1CC(CBr)CN1c1ncc([N+](=O)[O-])cc1Cl. The van der Waals surface area contributed by atoms with Gasteiger partial charge in [-0.2, -0.15) is 0 Å². The number of alkyl halides is 1. The molecule has 96 valence electrons. The molecule has 1 aliphatic rings. The minimum atomic E-state index is -0.574. The quantitative estimate of drug-likeness (QED) is 0.483. The number of halogens is 2. The summed E-state index contributed by atoms with van der Waals surface area (Å²) in [5.41, 5.74) is -0.188. The first-order valence-corrected chi connectivity index (χ1v) is 6.69. The molecule has 0 N–H and O–H groups in total. The summed E-state index contributed by atoms with van der Waals surface area (Å²) in [7, 11) is 0. The average molecular weight is 335 g/mol. The molecule has 1 saturated heterocycles. The van der Waals surface area contributed by atoms with Gasteiger partial charge in [-0.05, 0) is 5.92 Å². The van der Waals surface area contributed by atoms with E-state index in [-0.39, 0.29) is 28.4 Å². The van der Waals surface area contributed by atoms with E-state index in [9.17, 15) is 14.9 Å². The molecule has 2 rings (SSSR count). The zero-order valence-corrected chi connectivity index (χ0v) is 11.5. The number of rotatable bonds is 3. The van der Waals surface area contributed by atoms with E-state index in [1.54, 1.807) is 0 Å². The minimum Gasteiger partial charge on any atom is -0.295 e. The van der Waals surface area contributed by atoms with Crippen molar-refractivity contribution in [2.75, 3.05) is 16.8 Å². The van der Waals surface area contributed by atoms with Crippen molar-refractivity contribution in [3.05, 3.63) is 27.4 Å². The van der Waals surface area contributed by atoms with Crippen molar-refractivity contribution >= 4 is 44.9 Å². The molecular weight excluding hydrogens is 325 g/mol. The van der Waals surface area contributed by atoms with Gasteiger partial charge in [0.25, 0.3) is 5.69 Å². The van der Waals surface area contributed by atoms with Crippen LogP contribution in [0, 0.1) is 16.0 Å². The number of hydrogen-bond donors (Lipinski definition) is 0. The lowest BCUT2D eigenvalue weighted by Gasteiger charge is -2.16. The fourth-order valence-corrected chi connectivity index (χ4v) is 2.50. The molecule has 0 aromatic carbocycles. The van der Waals surface area contributed by atoms with Crippen LogP contribution in [0.5, 0.6) is 0 Å². The molecule has 1 aromatic rings. The van der Waals surface area contributed by atoms with Gasteiger partial charge in [0, 0.05) is 24.4 Å². The summed E-state index contributed by atoms with van der Waals surface area (Å²) in [5, 5.41) is 11.4. The summed E-state index contributed by atoms with van der Waals surface area (Å²) in [4.78, 5) is 27.2. The molecule has 18 heavy (non-hydrogen) atoms. The van der Waals surface area contributed by atoms with Gasteiger partial charge in [-0.3, -0.25) is 19.8 Å². The zero-order chi connectivity index (χ0) is 13.3. The van der Waals surface area contributed by atoms with E-state index in [1.807, 2.05) is 0 Å². The van der Waals surface area contributed by atoms with Crippen LogP contribution in [-0.2, 0) is 4.79 Å². The van der Waals surface area contributed by atoms with Gasteiger partial charge in [0.1, 0.15) is 6.20 Å². The number of nitro groups is 1. The maximum Gasteiger partial charge on any atom is 0.289 e. The van der Waals surface area contributed by atoms with Gasteiger partial charge in [-0.1, -0.05) is 27.5 Å². The fourth-order valence-electron chi connectivity index (χ4n) is 1.81. The third-order valence-corrected chi connectivity index (χ3v) is 3.89. The molecule has 1 fully saturated rings. The summed E-state index contributed by atoms with van der Waals surface area (Å²) in [5.74, 6) is 0.434. The number of amides is 1. The minimum absolute atomic E-state index is 0.0669. The highest BCUT2D eigenvalue weighted by Crippen LogP contribution is 2.31. The molecule has 0 bridgehead atoms. The molecule has 8 heteroatoms. The van der Waals surface area contributed by atoms with Gasteiger partial charge < -0.3 is 0 Å². The van der Waals surface area contributed by atoms with Gasteiger partial charge in [-0.25, -0.2) is 4.98 Å². The number of hydrogen-bond acceptors (Lipinski definition) is 4. The molecule has 0 saturated carbocycles. The summed E-state index contributed by atoms with van der Waals surface area (Å²) in [6.45, 7) is 0.522. The summed E-state index contributed by atoms with van der Waals surface area (Å²) < 4.78 is 0.